The Morgan fingerprint density at radius 3 is 2.86 bits per heavy atom. The molecule has 2 heterocycles. The maximum absolute atomic E-state index is 11.8. The molecule has 7 heteroatoms. The van der Waals surface area contributed by atoms with Crippen molar-refractivity contribution in [3.8, 4) is 0 Å². The minimum atomic E-state index is -3.68. The van der Waals surface area contributed by atoms with E-state index in [4.69, 9.17) is 15.1 Å². The fraction of sp³-hybridized carbons (Fsp3) is 0.357. The second kappa shape index (κ2) is 5.35. The van der Waals surface area contributed by atoms with Crippen LogP contribution in [0.1, 0.15) is 12.0 Å². The number of halogens is 1. The van der Waals surface area contributed by atoms with Gasteiger partial charge in [-0.15, -0.1) is 0 Å². The van der Waals surface area contributed by atoms with E-state index in [-0.39, 0.29) is 18.9 Å². The zero-order valence-electron chi connectivity index (χ0n) is 11.2. The summed E-state index contributed by atoms with van der Waals surface area (Å²) in [6.07, 6.45) is 2.28. The van der Waals surface area contributed by atoms with Gasteiger partial charge in [-0.25, -0.2) is 8.42 Å². The Balaban J connectivity index is 1.66. The smallest absolute Gasteiger partial charge is 0.237 e. The summed E-state index contributed by atoms with van der Waals surface area (Å²) in [5.41, 5.74) is 1.90. The molecule has 1 aliphatic heterocycles. The van der Waals surface area contributed by atoms with Crippen molar-refractivity contribution in [3.05, 3.63) is 36.1 Å². The van der Waals surface area contributed by atoms with E-state index >= 15 is 0 Å². The molecule has 0 aliphatic carbocycles. The Morgan fingerprint density at radius 2 is 2.14 bits per heavy atom. The third kappa shape index (κ3) is 3.06. The number of fused-ring (bicyclic) bond motifs is 1. The molecule has 1 fully saturated rings. The highest BCUT2D eigenvalue weighted by atomic mass is 35.7. The van der Waals surface area contributed by atoms with Crippen LogP contribution in [0.15, 0.2) is 34.9 Å². The van der Waals surface area contributed by atoms with Gasteiger partial charge in [0.1, 0.15) is 10.8 Å². The van der Waals surface area contributed by atoms with E-state index < -0.39 is 14.3 Å². The largest absolute Gasteiger partial charge is 0.464 e. The molecule has 21 heavy (non-hydrogen) atoms. The van der Waals surface area contributed by atoms with E-state index in [2.05, 4.69) is 0 Å². The van der Waals surface area contributed by atoms with E-state index in [9.17, 15) is 13.2 Å². The molecule has 0 saturated carbocycles. The van der Waals surface area contributed by atoms with Crippen LogP contribution in [0, 0.1) is 0 Å². The fourth-order valence-corrected chi connectivity index (χ4v) is 3.63. The second-order valence-electron chi connectivity index (χ2n) is 5.18. The summed E-state index contributed by atoms with van der Waals surface area (Å²) < 4.78 is 27.9. The van der Waals surface area contributed by atoms with Gasteiger partial charge in [-0.1, -0.05) is 6.07 Å². The molecule has 1 aliphatic rings. The van der Waals surface area contributed by atoms with Crippen molar-refractivity contribution < 1.29 is 17.6 Å². The van der Waals surface area contributed by atoms with Crippen LogP contribution in [0.25, 0.3) is 11.0 Å². The van der Waals surface area contributed by atoms with Crippen LogP contribution in [0.2, 0.25) is 0 Å². The number of carbonyl (C=O) groups excluding carboxylic acids is 1. The molecule has 1 saturated heterocycles. The number of likely N-dealkylation sites (tertiary alicyclic amines) is 1. The lowest BCUT2D eigenvalue weighted by molar-refractivity contribution is -0.127. The summed E-state index contributed by atoms with van der Waals surface area (Å²) >= 11 is 0. The van der Waals surface area contributed by atoms with Gasteiger partial charge in [-0.3, -0.25) is 4.79 Å². The highest BCUT2D eigenvalue weighted by Gasteiger charge is 2.36. The number of rotatable bonds is 4. The number of amides is 1. The predicted molar refractivity (Wildman–Crippen MR) is 79.7 cm³/mol. The normalized spacial score (nSPS) is 19.6. The first-order valence-electron chi connectivity index (χ1n) is 6.61. The SMILES string of the molecule is O=C1CC(S(=O)(=O)Cl)CN1CCc1ccc2occc2c1. The number of carbonyl (C=O) groups is 1. The molecule has 0 bridgehead atoms. The van der Waals surface area contributed by atoms with Gasteiger partial charge in [-0.05, 0) is 30.2 Å². The van der Waals surface area contributed by atoms with E-state index in [0.717, 1.165) is 16.5 Å². The number of nitrogens with zero attached hydrogens (tertiary/aromatic N) is 1. The summed E-state index contributed by atoms with van der Waals surface area (Å²) in [5.74, 6) is -0.159. The highest BCUT2D eigenvalue weighted by molar-refractivity contribution is 8.14. The predicted octanol–water partition coefficient (Wildman–Crippen LogP) is 2.14. The summed E-state index contributed by atoms with van der Waals surface area (Å²) in [6, 6.07) is 7.73. The minimum Gasteiger partial charge on any atom is -0.464 e. The quantitative estimate of drug-likeness (QED) is 0.807. The molecule has 1 aromatic carbocycles. The van der Waals surface area contributed by atoms with Crippen LogP contribution in [0.3, 0.4) is 0 Å². The van der Waals surface area contributed by atoms with E-state index in [1.54, 1.807) is 11.2 Å². The van der Waals surface area contributed by atoms with Crippen molar-refractivity contribution in [1.29, 1.82) is 0 Å². The maximum Gasteiger partial charge on any atom is 0.237 e. The Bertz CT molecular complexity index is 783. The molecule has 1 unspecified atom stereocenters. The van der Waals surface area contributed by atoms with Crippen LogP contribution in [-0.4, -0.2) is 37.6 Å². The number of hydrogen-bond acceptors (Lipinski definition) is 4. The number of furan rings is 1. The number of benzene rings is 1. The highest BCUT2D eigenvalue weighted by Crippen LogP contribution is 2.22. The second-order valence-corrected chi connectivity index (χ2v) is 8.09. The molecule has 3 rings (SSSR count). The summed E-state index contributed by atoms with van der Waals surface area (Å²) in [4.78, 5) is 13.4. The molecule has 1 aromatic heterocycles. The van der Waals surface area contributed by atoms with Gasteiger partial charge in [0.05, 0.1) is 6.26 Å². The lowest BCUT2D eigenvalue weighted by Crippen LogP contribution is -2.29. The van der Waals surface area contributed by atoms with Crippen molar-refractivity contribution in [2.45, 2.75) is 18.1 Å². The standard InChI is InChI=1S/C14H14ClNO4S/c15-21(18,19)12-8-14(17)16(9-12)5-3-10-1-2-13-11(7-10)4-6-20-13/h1-2,4,6-7,12H,3,5,8-9H2. The molecule has 1 amide bonds. The molecule has 5 nitrogen and oxygen atoms in total. The van der Waals surface area contributed by atoms with Gasteiger partial charge < -0.3 is 9.32 Å². The lowest BCUT2D eigenvalue weighted by Gasteiger charge is -2.15. The average Bonchev–Trinajstić information content (AvgIpc) is 3.01. The summed E-state index contributed by atoms with van der Waals surface area (Å²) in [6.45, 7) is 0.670. The maximum atomic E-state index is 11.8. The Labute approximate surface area is 126 Å². The van der Waals surface area contributed by atoms with Crippen molar-refractivity contribution >= 4 is 36.6 Å². The van der Waals surface area contributed by atoms with E-state index in [0.29, 0.717) is 13.0 Å². The van der Waals surface area contributed by atoms with Crippen LogP contribution < -0.4 is 0 Å². The van der Waals surface area contributed by atoms with Gasteiger partial charge in [0.25, 0.3) is 0 Å². The van der Waals surface area contributed by atoms with E-state index in [1.807, 2.05) is 24.3 Å². The van der Waals surface area contributed by atoms with Crippen molar-refractivity contribution in [2.24, 2.45) is 0 Å². The topological polar surface area (TPSA) is 67.6 Å². The van der Waals surface area contributed by atoms with Crippen molar-refractivity contribution in [2.75, 3.05) is 13.1 Å². The first-order chi connectivity index (χ1) is 9.93. The Morgan fingerprint density at radius 1 is 1.33 bits per heavy atom. The Kier molecular flexibility index (Phi) is 3.67. The van der Waals surface area contributed by atoms with Crippen molar-refractivity contribution in [1.82, 2.24) is 4.90 Å². The van der Waals surface area contributed by atoms with Gasteiger partial charge in [0.15, 0.2) is 0 Å². The number of hydrogen-bond donors (Lipinski definition) is 0. The molecule has 2 aromatic rings. The Hall–Kier alpha value is -1.53. The molecule has 1 atom stereocenters. The minimum absolute atomic E-state index is 0.0212. The first-order valence-corrected chi connectivity index (χ1v) is 8.98. The van der Waals surface area contributed by atoms with Crippen LogP contribution in [0.4, 0.5) is 0 Å². The molecule has 0 radical (unpaired) electrons. The third-order valence-electron chi connectivity index (χ3n) is 3.76. The van der Waals surface area contributed by atoms with Gasteiger partial charge in [0, 0.05) is 35.6 Å². The van der Waals surface area contributed by atoms with Gasteiger partial charge in [-0.2, -0.15) is 0 Å². The molecular weight excluding hydrogens is 314 g/mol. The van der Waals surface area contributed by atoms with Crippen molar-refractivity contribution in [3.63, 3.8) is 0 Å². The average molecular weight is 328 g/mol. The molecule has 0 spiro atoms. The zero-order valence-corrected chi connectivity index (χ0v) is 12.7. The van der Waals surface area contributed by atoms with Crippen LogP contribution in [-0.2, 0) is 20.3 Å². The monoisotopic (exact) mass is 327 g/mol. The van der Waals surface area contributed by atoms with E-state index in [1.165, 1.54) is 0 Å². The first kappa shape index (κ1) is 14.4. The van der Waals surface area contributed by atoms with Gasteiger partial charge >= 0.3 is 0 Å². The summed E-state index contributed by atoms with van der Waals surface area (Å²) in [7, 11) is 1.65. The zero-order chi connectivity index (χ0) is 15.0. The van der Waals surface area contributed by atoms with Gasteiger partial charge in [0.2, 0.25) is 15.0 Å². The molecule has 0 N–H and O–H groups in total. The lowest BCUT2D eigenvalue weighted by atomic mass is 10.1. The molecular formula is C14H14ClNO4S. The van der Waals surface area contributed by atoms with Crippen LogP contribution >= 0.6 is 10.7 Å². The van der Waals surface area contributed by atoms with Crippen LogP contribution in [0.5, 0.6) is 0 Å². The fourth-order valence-electron chi connectivity index (χ4n) is 2.58. The third-order valence-corrected chi connectivity index (χ3v) is 5.63. The summed E-state index contributed by atoms with van der Waals surface area (Å²) in [5, 5.41) is 0.226. The molecule has 112 valence electrons.